The minimum atomic E-state index is -1.60. The molecule has 79 heavy (non-hydrogen) atoms. The summed E-state index contributed by atoms with van der Waals surface area (Å²) in [5.74, 6) is -9.33. The summed E-state index contributed by atoms with van der Waals surface area (Å²) in [7, 11) is 0. The van der Waals surface area contributed by atoms with Crippen LogP contribution in [0.5, 0.6) is 0 Å². The Labute approximate surface area is 463 Å². The number of benzene rings is 2. The number of aromatic amines is 2. The van der Waals surface area contributed by atoms with Crippen LogP contribution in [0.2, 0.25) is 0 Å². The lowest BCUT2D eigenvalue weighted by atomic mass is 9.96. The number of aliphatic imine (C=N–C) groups is 1. The van der Waals surface area contributed by atoms with Crippen molar-refractivity contribution in [1.29, 1.82) is 0 Å². The number of hydrogen-bond donors (Lipinski definition) is 16. The predicted octanol–water partition coefficient (Wildman–Crippen LogP) is -0.920. The third-order valence-corrected chi connectivity index (χ3v) is 13.6. The molecule has 0 unspecified atom stereocenters. The van der Waals surface area contributed by atoms with E-state index in [1.807, 2.05) is 50.2 Å². The van der Waals surface area contributed by atoms with Crippen LogP contribution in [0, 0.1) is 17.8 Å². The second-order valence-electron chi connectivity index (χ2n) is 20.2. The van der Waals surface area contributed by atoms with E-state index in [4.69, 9.17) is 17.2 Å². The van der Waals surface area contributed by atoms with Crippen LogP contribution in [0.3, 0.4) is 0 Å². The molecule has 0 aliphatic carbocycles. The number of aromatic nitrogens is 2. The van der Waals surface area contributed by atoms with E-state index in [0.29, 0.717) is 12.0 Å². The van der Waals surface area contributed by atoms with Crippen molar-refractivity contribution < 1.29 is 53.4 Å². The molecule has 0 spiro atoms. The van der Waals surface area contributed by atoms with Gasteiger partial charge in [0, 0.05) is 52.9 Å². The molecule has 0 saturated carbocycles. The zero-order valence-corrected chi connectivity index (χ0v) is 46.3. The van der Waals surface area contributed by atoms with Gasteiger partial charge in [-0.2, -0.15) is 12.6 Å². The zero-order chi connectivity index (χ0) is 58.5. The Hall–Kier alpha value is -7.71. The van der Waals surface area contributed by atoms with Gasteiger partial charge in [0.2, 0.25) is 47.3 Å². The monoisotopic (exact) mass is 1120 g/mol. The lowest BCUT2D eigenvalue weighted by Crippen LogP contribution is -2.61. The lowest BCUT2D eigenvalue weighted by Gasteiger charge is -2.29. The van der Waals surface area contributed by atoms with Gasteiger partial charge in [0.15, 0.2) is 5.96 Å². The molecule has 0 bridgehead atoms. The number of fused-ring (bicyclic) bond motifs is 2. The van der Waals surface area contributed by atoms with Crippen LogP contribution < -0.4 is 59.7 Å². The molecule has 4 rings (SSSR count). The number of thiol groups is 1. The third-order valence-electron chi connectivity index (χ3n) is 13.2. The van der Waals surface area contributed by atoms with Crippen molar-refractivity contribution in [1.82, 2.24) is 52.5 Å². The highest BCUT2D eigenvalue weighted by molar-refractivity contribution is 7.80. The summed E-state index contributed by atoms with van der Waals surface area (Å²) in [6, 6.07) is 4.42. The molecule has 2 heterocycles. The number of aliphatic hydroxyl groups is 1. The number of nitrogens with one attached hydrogen (secondary N) is 10. The molecular weight excluding hydrogens is 1040 g/mol. The van der Waals surface area contributed by atoms with Gasteiger partial charge in [0.05, 0.1) is 19.2 Å². The molecule has 432 valence electrons. The first-order valence-electron chi connectivity index (χ1n) is 26.2. The van der Waals surface area contributed by atoms with E-state index >= 15 is 0 Å². The van der Waals surface area contributed by atoms with Crippen molar-refractivity contribution in [3.8, 4) is 0 Å². The second-order valence-corrected chi connectivity index (χ2v) is 20.6. The number of carbonyl (C=O) groups is 9. The van der Waals surface area contributed by atoms with Gasteiger partial charge in [-0.3, -0.25) is 43.3 Å². The molecule has 8 amide bonds. The first-order valence-corrected chi connectivity index (χ1v) is 26.9. The summed E-state index contributed by atoms with van der Waals surface area (Å²) in [6.45, 7) is 8.89. The van der Waals surface area contributed by atoms with Gasteiger partial charge >= 0.3 is 5.97 Å². The van der Waals surface area contributed by atoms with E-state index < -0.39 is 127 Å². The maximum atomic E-state index is 13.9. The van der Waals surface area contributed by atoms with E-state index in [0.717, 1.165) is 27.4 Å². The Morgan fingerprint density at radius 1 is 0.633 bits per heavy atom. The minimum Gasteiger partial charge on any atom is -0.480 e. The van der Waals surface area contributed by atoms with Gasteiger partial charge in [0.25, 0.3) is 0 Å². The van der Waals surface area contributed by atoms with Gasteiger partial charge in [-0.05, 0) is 66.7 Å². The molecule has 0 saturated heterocycles. The van der Waals surface area contributed by atoms with Crippen LogP contribution in [0.1, 0.15) is 78.4 Å². The maximum Gasteiger partial charge on any atom is 0.326 e. The van der Waals surface area contributed by atoms with Gasteiger partial charge in [-0.25, -0.2) is 4.79 Å². The Morgan fingerprint density at radius 3 is 1.70 bits per heavy atom. The normalized spacial score (nSPS) is 14.8. The van der Waals surface area contributed by atoms with Crippen LogP contribution in [0.25, 0.3) is 21.8 Å². The first-order chi connectivity index (χ1) is 37.5. The molecule has 2 aromatic heterocycles. The highest BCUT2D eigenvalue weighted by Gasteiger charge is 2.35. The second kappa shape index (κ2) is 31.0. The molecule has 4 aromatic rings. The average molecular weight is 1120 g/mol. The highest BCUT2D eigenvalue weighted by atomic mass is 32.1. The zero-order valence-electron chi connectivity index (χ0n) is 45.4. The Morgan fingerprint density at radius 2 is 1.15 bits per heavy atom. The van der Waals surface area contributed by atoms with Gasteiger partial charge in [0.1, 0.15) is 42.3 Å². The van der Waals surface area contributed by atoms with Crippen molar-refractivity contribution in [3.63, 3.8) is 0 Å². The fourth-order valence-corrected chi connectivity index (χ4v) is 8.82. The van der Waals surface area contributed by atoms with Crippen molar-refractivity contribution in [2.75, 3.05) is 25.4 Å². The fraction of sp³-hybridized carbons (Fsp3) is 0.509. The van der Waals surface area contributed by atoms with E-state index in [1.165, 1.54) is 0 Å². The van der Waals surface area contributed by atoms with E-state index in [1.54, 1.807) is 52.2 Å². The molecule has 26 heteroatoms. The highest BCUT2D eigenvalue weighted by Crippen LogP contribution is 2.21. The first kappa shape index (κ1) is 63.8. The topological polar surface area (TPSA) is 412 Å². The van der Waals surface area contributed by atoms with E-state index in [9.17, 15) is 53.4 Å². The Bertz CT molecular complexity index is 2780. The van der Waals surface area contributed by atoms with Crippen molar-refractivity contribution in [2.24, 2.45) is 39.9 Å². The lowest BCUT2D eigenvalue weighted by molar-refractivity contribution is -0.142. The number of carbonyl (C=O) groups excluding carboxylic acids is 8. The maximum absolute atomic E-state index is 13.9. The van der Waals surface area contributed by atoms with Crippen LogP contribution in [0.15, 0.2) is 65.9 Å². The smallest absolute Gasteiger partial charge is 0.326 e. The van der Waals surface area contributed by atoms with Crippen molar-refractivity contribution >= 4 is 93.6 Å². The van der Waals surface area contributed by atoms with Crippen LogP contribution in [0.4, 0.5) is 0 Å². The number of hydrogen-bond acceptors (Lipinski definition) is 13. The fourth-order valence-electron chi connectivity index (χ4n) is 8.57. The standard InChI is InChI=1S/C53H78N14O11S/c1-7-29(6)44(51(76)67-43(28(4)5)50(75)64-40(25-68)49(74)63-39(52(77)78)21-31-23-59-36-16-11-9-14-33(31)36)66-42(69)24-60-46(71)41(26-79)65-48(73)38(19-27(2)3)62-47(72)37(17-12-18-57-53(55)56)61-45(70)34(54)20-30-22-58-35-15-10-8-13-32(30)35/h8-11,13-16,22-23,27-29,34,37-41,43-44,58-59,68,79H,7,12,17-21,24-26,54H2,1-6H3,(H,60,71)(H,61,70)(H,62,72)(H,63,74)(H,64,75)(H,65,73)(H,66,69)(H,67,76)(H,77,78)(H4,55,56,57)/t29-,34-,37-,38-,39-,40-,41-,43-,44-/m0/s1. The molecule has 0 radical (unpaired) electrons. The largest absolute Gasteiger partial charge is 0.480 e. The van der Waals surface area contributed by atoms with Gasteiger partial charge < -0.3 is 79.9 Å². The number of H-pyrrole nitrogens is 2. The SMILES string of the molecule is CC[C@H](C)[C@H](NC(=O)CNC(=O)[C@H](CS)NC(=O)[C@H](CC(C)C)NC(=O)[C@H](CCCN=C(N)N)NC(=O)[C@@H](N)Cc1c[nH]c2ccccc12)C(=O)N[C@H](C(=O)N[C@@H](CO)C(=O)N[C@@H](Cc1c[nH]c2ccccc12)C(=O)O)C(C)C. The molecule has 0 aliphatic heterocycles. The number of carboxylic acids is 1. The number of guanidine groups is 1. The summed E-state index contributed by atoms with van der Waals surface area (Å²) in [6.07, 6.45) is 4.28. The molecule has 9 atom stereocenters. The molecular formula is C53H78N14O11S. The number of rotatable bonds is 32. The summed E-state index contributed by atoms with van der Waals surface area (Å²) >= 11 is 4.26. The Balaban J connectivity index is 1.36. The molecule has 2 aromatic carbocycles. The van der Waals surface area contributed by atoms with E-state index in [2.05, 4.69) is 70.1 Å². The van der Waals surface area contributed by atoms with Crippen molar-refractivity contribution in [3.05, 3.63) is 72.1 Å². The molecule has 0 aliphatic rings. The predicted molar refractivity (Wildman–Crippen MR) is 301 cm³/mol. The van der Waals surface area contributed by atoms with Crippen molar-refractivity contribution in [2.45, 2.75) is 128 Å². The average Bonchev–Trinajstić information content (AvgIpc) is 4.03. The van der Waals surface area contributed by atoms with Gasteiger partial charge in [-0.15, -0.1) is 0 Å². The summed E-state index contributed by atoms with van der Waals surface area (Å²) in [5.41, 5.74) is 20.4. The Kier molecular flexibility index (Phi) is 25.1. The number of aliphatic hydroxyl groups excluding tert-OH is 1. The van der Waals surface area contributed by atoms with E-state index in [-0.39, 0.29) is 56.3 Å². The van der Waals surface area contributed by atoms with Crippen LogP contribution in [-0.2, 0) is 56.0 Å². The van der Waals surface area contributed by atoms with Gasteiger partial charge in [-0.1, -0.05) is 84.4 Å². The molecule has 18 N–H and O–H groups in total. The number of para-hydroxylation sites is 2. The number of nitrogens with zero attached hydrogens (tertiary/aromatic N) is 1. The number of nitrogens with two attached hydrogens (primary N) is 3. The quantitative estimate of drug-likeness (QED) is 0.0122. The molecule has 25 nitrogen and oxygen atoms in total. The van der Waals surface area contributed by atoms with Crippen LogP contribution in [-0.4, -0.2) is 153 Å². The van der Waals surface area contributed by atoms with Crippen LogP contribution >= 0.6 is 12.6 Å². The number of amides is 8. The minimum absolute atomic E-state index is 0.0681. The summed E-state index contributed by atoms with van der Waals surface area (Å²) in [5, 5.41) is 42.2. The number of aliphatic carboxylic acids is 1. The summed E-state index contributed by atoms with van der Waals surface area (Å²) < 4.78 is 0. The molecule has 0 fully saturated rings. The third kappa shape index (κ3) is 19.3. The summed E-state index contributed by atoms with van der Waals surface area (Å²) in [4.78, 5) is 131. The number of carboxylic acid groups (broad SMARTS) is 1.